The Hall–Kier alpha value is -1.77. The molecule has 100 valence electrons. The summed E-state index contributed by atoms with van der Waals surface area (Å²) in [4.78, 5) is 14.1. The Kier molecular flexibility index (Phi) is 3.05. The minimum Gasteiger partial charge on any atom is -0.459 e. The van der Waals surface area contributed by atoms with Crippen molar-refractivity contribution in [3.8, 4) is 0 Å². The first-order valence-electron chi connectivity index (χ1n) is 6.92. The Bertz CT molecular complexity index is 565. The number of hydrogen-bond donors (Lipinski definition) is 0. The topological polar surface area (TPSA) is 33.5 Å². The molecule has 1 aliphatic carbocycles. The Morgan fingerprint density at radius 1 is 1.37 bits per heavy atom. The van der Waals surface area contributed by atoms with Gasteiger partial charge in [-0.05, 0) is 31.9 Å². The van der Waals surface area contributed by atoms with Gasteiger partial charge in [0.05, 0.1) is 6.04 Å². The first-order chi connectivity index (χ1) is 9.16. The van der Waals surface area contributed by atoms with Crippen molar-refractivity contribution in [1.29, 1.82) is 0 Å². The average Bonchev–Trinajstić information content (AvgIpc) is 2.78. The van der Waals surface area contributed by atoms with Crippen molar-refractivity contribution in [2.45, 2.75) is 32.2 Å². The minimum atomic E-state index is -0.0134. The number of carbonyl (C=O) groups is 1. The van der Waals surface area contributed by atoms with E-state index < -0.39 is 0 Å². The Morgan fingerprint density at radius 3 is 2.74 bits per heavy atom. The molecule has 1 fully saturated rings. The summed E-state index contributed by atoms with van der Waals surface area (Å²) in [6.07, 6.45) is 3.26. The van der Waals surface area contributed by atoms with E-state index in [9.17, 15) is 4.79 Å². The van der Waals surface area contributed by atoms with Gasteiger partial charge < -0.3 is 9.32 Å². The van der Waals surface area contributed by atoms with Crippen LogP contribution in [0.25, 0.3) is 11.0 Å². The molecule has 1 atom stereocenters. The summed E-state index contributed by atoms with van der Waals surface area (Å²) in [5, 5.41) is 1.09. The van der Waals surface area contributed by atoms with Crippen LogP contribution < -0.4 is 0 Å². The van der Waals surface area contributed by atoms with E-state index in [0.717, 1.165) is 29.6 Å². The quantitative estimate of drug-likeness (QED) is 0.839. The fourth-order valence-corrected chi connectivity index (χ4v) is 2.53. The number of benzene rings is 1. The maximum Gasteiger partial charge on any atom is 0.226 e. The molecule has 3 nitrogen and oxygen atoms in total. The zero-order valence-corrected chi connectivity index (χ0v) is 11.4. The summed E-state index contributed by atoms with van der Waals surface area (Å²) in [5.41, 5.74) is 0.883. The van der Waals surface area contributed by atoms with Gasteiger partial charge in [0.25, 0.3) is 0 Å². The van der Waals surface area contributed by atoms with Gasteiger partial charge in [0, 0.05) is 18.4 Å². The Labute approximate surface area is 113 Å². The largest absolute Gasteiger partial charge is 0.459 e. The summed E-state index contributed by atoms with van der Waals surface area (Å²) in [6, 6.07) is 9.96. The first-order valence-corrected chi connectivity index (χ1v) is 6.92. The first kappa shape index (κ1) is 12.3. The molecule has 3 heteroatoms. The van der Waals surface area contributed by atoms with Crippen LogP contribution in [-0.4, -0.2) is 17.9 Å². The molecule has 1 unspecified atom stereocenters. The molecular formula is C16H19NO2. The Balaban J connectivity index is 1.81. The number of furan rings is 1. The normalized spacial score (nSPS) is 17.2. The predicted octanol–water partition coefficient (Wildman–Crippen LogP) is 3.75. The van der Waals surface area contributed by atoms with Crippen molar-refractivity contribution in [2.24, 2.45) is 5.92 Å². The summed E-state index contributed by atoms with van der Waals surface area (Å²) >= 11 is 0. The van der Waals surface area contributed by atoms with Gasteiger partial charge in [0.1, 0.15) is 11.3 Å². The molecule has 0 radical (unpaired) electrons. The smallest absolute Gasteiger partial charge is 0.226 e. The van der Waals surface area contributed by atoms with Crippen LogP contribution in [0.4, 0.5) is 0 Å². The van der Waals surface area contributed by atoms with Crippen LogP contribution in [0.15, 0.2) is 34.7 Å². The van der Waals surface area contributed by atoms with Gasteiger partial charge in [-0.25, -0.2) is 0 Å². The van der Waals surface area contributed by atoms with E-state index in [0.29, 0.717) is 0 Å². The van der Waals surface area contributed by atoms with Gasteiger partial charge >= 0.3 is 0 Å². The lowest BCUT2D eigenvalue weighted by atomic mass is 9.84. The number of fused-ring (bicyclic) bond motifs is 1. The van der Waals surface area contributed by atoms with Crippen LogP contribution in [0.3, 0.4) is 0 Å². The van der Waals surface area contributed by atoms with E-state index in [4.69, 9.17) is 4.42 Å². The van der Waals surface area contributed by atoms with Crippen LogP contribution in [0.5, 0.6) is 0 Å². The van der Waals surface area contributed by atoms with Crippen LogP contribution in [-0.2, 0) is 4.79 Å². The molecule has 2 aromatic rings. The van der Waals surface area contributed by atoms with Crippen molar-refractivity contribution < 1.29 is 9.21 Å². The molecule has 0 bridgehead atoms. The molecule has 1 amide bonds. The second-order valence-corrected chi connectivity index (χ2v) is 5.44. The summed E-state index contributed by atoms with van der Waals surface area (Å²) < 4.78 is 5.84. The number of rotatable bonds is 3. The molecular weight excluding hydrogens is 238 g/mol. The molecule has 1 aromatic carbocycles. The second kappa shape index (κ2) is 4.72. The zero-order chi connectivity index (χ0) is 13.4. The molecule has 19 heavy (non-hydrogen) atoms. The van der Waals surface area contributed by atoms with Crippen molar-refractivity contribution in [3.05, 3.63) is 36.1 Å². The lowest BCUT2D eigenvalue weighted by molar-refractivity contribution is -0.139. The summed E-state index contributed by atoms with van der Waals surface area (Å²) in [7, 11) is 1.87. The molecule has 1 saturated carbocycles. The van der Waals surface area contributed by atoms with Gasteiger partial charge in [-0.3, -0.25) is 4.79 Å². The molecule has 0 N–H and O–H groups in total. The van der Waals surface area contributed by atoms with Crippen molar-refractivity contribution in [1.82, 2.24) is 4.90 Å². The molecule has 0 aliphatic heterocycles. The van der Waals surface area contributed by atoms with Crippen LogP contribution in [0.1, 0.15) is 38.0 Å². The SMILES string of the molecule is CC(c1cc2ccccc2o1)N(C)C(=O)C1CCC1. The molecule has 3 rings (SSSR count). The number of nitrogens with zero attached hydrogens (tertiary/aromatic N) is 1. The van der Waals surface area contributed by atoms with Crippen molar-refractivity contribution in [2.75, 3.05) is 7.05 Å². The maximum absolute atomic E-state index is 12.2. The number of para-hydroxylation sites is 1. The Morgan fingerprint density at radius 2 is 2.11 bits per heavy atom. The fraction of sp³-hybridized carbons (Fsp3) is 0.438. The summed E-state index contributed by atoms with van der Waals surface area (Å²) in [5.74, 6) is 1.34. The highest BCUT2D eigenvalue weighted by molar-refractivity contribution is 5.80. The molecule has 0 saturated heterocycles. The van der Waals surface area contributed by atoms with E-state index in [1.165, 1.54) is 6.42 Å². The second-order valence-electron chi connectivity index (χ2n) is 5.44. The highest BCUT2D eigenvalue weighted by Gasteiger charge is 2.31. The third-order valence-corrected chi connectivity index (χ3v) is 4.24. The molecule has 0 spiro atoms. The predicted molar refractivity (Wildman–Crippen MR) is 74.7 cm³/mol. The third-order valence-electron chi connectivity index (χ3n) is 4.24. The number of carbonyl (C=O) groups excluding carboxylic acids is 1. The fourth-order valence-electron chi connectivity index (χ4n) is 2.53. The number of amides is 1. The van der Waals surface area contributed by atoms with Gasteiger partial charge in [0.15, 0.2) is 0 Å². The monoisotopic (exact) mass is 257 g/mol. The van der Waals surface area contributed by atoms with Gasteiger partial charge in [-0.15, -0.1) is 0 Å². The van der Waals surface area contributed by atoms with Gasteiger partial charge in [0.2, 0.25) is 5.91 Å². The van der Waals surface area contributed by atoms with Crippen LogP contribution >= 0.6 is 0 Å². The number of hydrogen-bond acceptors (Lipinski definition) is 2. The van der Waals surface area contributed by atoms with Crippen LogP contribution in [0, 0.1) is 5.92 Å². The van der Waals surface area contributed by atoms with Crippen molar-refractivity contribution >= 4 is 16.9 Å². The highest BCUT2D eigenvalue weighted by atomic mass is 16.3. The van der Waals surface area contributed by atoms with Gasteiger partial charge in [-0.1, -0.05) is 24.6 Å². The molecule has 1 aromatic heterocycles. The molecule has 1 aliphatic rings. The lowest BCUT2D eigenvalue weighted by Gasteiger charge is -2.32. The maximum atomic E-state index is 12.2. The molecule has 1 heterocycles. The highest BCUT2D eigenvalue weighted by Crippen LogP contribution is 2.32. The van der Waals surface area contributed by atoms with E-state index in [1.54, 1.807) is 0 Å². The lowest BCUT2D eigenvalue weighted by Crippen LogP contribution is -2.37. The average molecular weight is 257 g/mol. The zero-order valence-electron chi connectivity index (χ0n) is 11.4. The van der Waals surface area contributed by atoms with Gasteiger partial charge in [-0.2, -0.15) is 0 Å². The third kappa shape index (κ3) is 2.14. The minimum absolute atomic E-state index is 0.0134. The van der Waals surface area contributed by atoms with E-state index >= 15 is 0 Å². The van der Waals surface area contributed by atoms with Crippen LogP contribution in [0.2, 0.25) is 0 Å². The summed E-state index contributed by atoms with van der Waals surface area (Å²) in [6.45, 7) is 2.02. The van der Waals surface area contributed by atoms with Crippen molar-refractivity contribution in [3.63, 3.8) is 0 Å². The standard InChI is InChI=1S/C16H19NO2/c1-11(17(2)16(18)12-7-5-8-12)15-10-13-6-3-4-9-14(13)19-15/h3-4,6,9-12H,5,7-8H2,1-2H3. The van der Waals surface area contributed by atoms with E-state index in [-0.39, 0.29) is 17.9 Å². The van der Waals surface area contributed by atoms with E-state index in [2.05, 4.69) is 0 Å². The van der Waals surface area contributed by atoms with E-state index in [1.807, 2.05) is 49.2 Å².